The molecule has 5 nitrogen and oxygen atoms in total. The molecule has 0 saturated heterocycles. The van der Waals surface area contributed by atoms with Crippen molar-refractivity contribution in [1.29, 1.82) is 0 Å². The van der Waals surface area contributed by atoms with E-state index in [2.05, 4.69) is 5.32 Å². The lowest BCUT2D eigenvalue weighted by molar-refractivity contribution is -0.114. The highest BCUT2D eigenvalue weighted by atomic mass is 32.2. The smallest absolute Gasteiger partial charge is 0.264 e. The Hall–Kier alpha value is -3.12. The molecule has 6 heteroatoms. The largest absolute Gasteiger partial charge is 0.324 e. The number of carbonyl (C=O) groups excluding carboxylic acids is 1. The highest BCUT2D eigenvalue weighted by molar-refractivity contribution is 7.92. The number of benzene rings is 3. The molecule has 3 aromatic carbocycles. The Morgan fingerprint density at radius 3 is 1.90 bits per heavy atom. The van der Waals surface area contributed by atoms with Crippen molar-refractivity contribution >= 4 is 27.3 Å². The van der Waals surface area contributed by atoms with Crippen molar-refractivity contribution in [2.45, 2.75) is 32.6 Å². The standard InChI is InChI=1S/C24H26N2O3S/c1-17-5-10-21(11-6-17)26(30(28,29)22-12-7-18(2)8-13-22)16-24(27)25-23-14-9-19(3)15-20(23)4/h5-15H,16H2,1-4H3,(H,25,27). The maximum atomic E-state index is 13.4. The highest BCUT2D eigenvalue weighted by Crippen LogP contribution is 2.25. The van der Waals surface area contributed by atoms with Gasteiger partial charge in [0.2, 0.25) is 5.91 Å². The van der Waals surface area contributed by atoms with Crippen LogP contribution in [-0.2, 0) is 14.8 Å². The third-order valence-corrected chi connectivity index (χ3v) is 6.66. The number of hydrogen-bond donors (Lipinski definition) is 1. The molecule has 0 atom stereocenters. The second-order valence-corrected chi connectivity index (χ2v) is 9.39. The van der Waals surface area contributed by atoms with Gasteiger partial charge < -0.3 is 5.32 Å². The van der Waals surface area contributed by atoms with Crippen molar-refractivity contribution in [1.82, 2.24) is 0 Å². The number of amides is 1. The van der Waals surface area contributed by atoms with E-state index in [-0.39, 0.29) is 11.4 Å². The molecule has 156 valence electrons. The lowest BCUT2D eigenvalue weighted by Gasteiger charge is -2.24. The molecule has 0 aliphatic heterocycles. The fourth-order valence-corrected chi connectivity index (χ4v) is 4.56. The molecule has 3 rings (SSSR count). The lowest BCUT2D eigenvalue weighted by Crippen LogP contribution is -2.38. The number of nitrogens with one attached hydrogen (secondary N) is 1. The van der Waals surface area contributed by atoms with Crippen LogP contribution in [0.5, 0.6) is 0 Å². The van der Waals surface area contributed by atoms with Crippen molar-refractivity contribution in [3.8, 4) is 0 Å². The predicted octanol–water partition coefficient (Wildman–Crippen LogP) is 4.75. The number of aryl methyl sites for hydroxylation is 4. The van der Waals surface area contributed by atoms with Crippen LogP contribution in [0.3, 0.4) is 0 Å². The summed E-state index contributed by atoms with van der Waals surface area (Å²) in [6.07, 6.45) is 0. The molecule has 0 saturated carbocycles. The van der Waals surface area contributed by atoms with Crippen molar-refractivity contribution in [3.05, 3.63) is 89.0 Å². The van der Waals surface area contributed by atoms with Gasteiger partial charge in [-0.2, -0.15) is 0 Å². The van der Waals surface area contributed by atoms with Crippen molar-refractivity contribution in [2.24, 2.45) is 0 Å². The first kappa shape index (κ1) is 21.6. The highest BCUT2D eigenvalue weighted by Gasteiger charge is 2.27. The zero-order valence-electron chi connectivity index (χ0n) is 17.6. The van der Waals surface area contributed by atoms with Gasteiger partial charge in [-0.3, -0.25) is 9.10 Å². The molecular formula is C24H26N2O3S. The van der Waals surface area contributed by atoms with Gasteiger partial charge >= 0.3 is 0 Å². The predicted molar refractivity (Wildman–Crippen MR) is 121 cm³/mol. The molecule has 0 aromatic heterocycles. The maximum Gasteiger partial charge on any atom is 0.264 e. The van der Waals surface area contributed by atoms with Crippen LogP contribution >= 0.6 is 0 Å². The molecule has 1 N–H and O–H groups in total. The molecule has 0 aliphatic rings. The Bertz CT molecular complexity index is 1150. The van der Waals surface area contributed by atoms with Gasteiger partial charge in [-0.25, -0.2) is 8.42 Å². The Kier molecular flexibility index (Phi) is 6.27. The molecule has 1 amide bonds. The van der Waals surface area contributed by atoms with Crippen LogP contribution in [0.4, 0.5) is 11.4 Å². The minimum absolute atomic E-state index is 0.146. The summed E-state index contributed by atoms with van der Waals surface area (Å²) in [5.74, 6) is -0.404. The van der Waals surface area contributed by atoms with E-state index in [9.17, 15) is 13.2 Å². The minimum Gasteiger partial charge on any atom is -0.324 e. The third kappa shape index (κ3) is 4.89. The Morgan fingerprint density at radius 2 is 1.33 bits per heavy atom. The van der Waals surface area contributed by atoms with Crippen LogP contribution in [0, 0.1) is 27.7 Å². The van der Waals surface area contributed by atoms with Crippen molar-refractivity contribution < 1.29 is 13.2 Å². The van der Waals surface area contributed by atoms with E-state index < -0.39 is 15.9 Å². The summed E-state index contributed by atoms with van der Waals surface area (Å²) in [6.45, 7) is 7.38. The zero-order valence-corrected chi connectivity index (χ0v) is 18.5. The molecule has 0 aliphatic carbocycles. The Labute approximate surface area is 178 Å². The van der Waals surface area contributed by atoms with Crippen LogP contribution in [0.2, 0.25) is 0 Å². The van der Waals surface area contributed by atoms with Crippen LogP contribution < -0.4 is 9.62 Å². The van der Waals surface area contributed by atoms with E-state index in [4.69, 9.17) is 0 Å². The number of hydrogen-bond acceptors (Lipinski definition) is 3. The van der Waals surface area contributed by atoms with Crippen LogP contribution in [-0.4, -0.2) is 20.9 Å². The molecule has 3 aromatic rings. The van der Waals surface area contributed by atoms with Gasteiger partial charge in [-0.15, -0.1) is 0 Å². The summed E-state index contributed by atoms with van der Waals surface area (Å²) >= 11 is 0. The first-order chi connectivity index (χ1) is 14.2. The average molecular weight is 423 g/mol. The second-order valence-electron chi connectivity index (χ2n) is 7.53. The second kappa shape index (κ2) is 8.71. The first-order valence-corrected chi connectivity index (χ1v) is 11.1. The van der Waals surface area contributed by atoms with Crippen LogP contribution in [0.25, 0.3) is 0 Å². The molecule has 0 fully saturated rings. The normalized spacial score (nSPS) is 11.2. The quantitative estimate of drug-likeness (QED) is 0.623. The fourth-order valence-electron chi connectivity index (χ4n) is 3.14. The molecule has 30 heavy (non-hydrogen) atoms. The molecular weight excluding hydrogens is 396 g/mol. The fraction of sp³-hybridized carbons (Fsp3) is 0.208. The third-order valence-electron chi connectivity index (χ3n) is 4.87. The van der Waals surface area contributed by atoms with Gasteiger partial charge in [0.05, 0.1) is 10.6 Å². The van der Waals surface area contributed by atoms with Gasteiger partial charge in [0.25, 0.3) is 10.0 Å². The Morgan fingerprint density at radius 1 is 0.800 bits per heavy atom. The van der Waals surface area contributed by atoms with Gasteiger partial charge in [0.1, 0.15) is 6.54 Å². The van der Waals surface area contributed by atoms with E-state index >= 15 is 0 Å². The molecule has 0 unspecified atom stereocenters. The number of nitrogens with zero attached hydrogens (tertiary/aromatic N) is 1. The number of sulfonamides is 1. The summed E-state index contributed by atoms with van der Waals surface area (Å²) in [7, 11) is -3.92. The number of rotatable bonds is 6. The monoisotopic (exact) mass is 422 g/mol. The van der Waals surface area contributed by atoms with Crippen molar-refractivity contribution in [3.63, 3.8) is 0 Å². The van der Waals surface area contributed by atoms with Crippen LogP contribution in [0.1, 0.15) is 22.3 Å². The summed E-state index contributed by atoms with van der Waals surface area (Å²) in [5.41, 5.74) is 5.09. The molecule has 0 bridgehead atoms. The summed E-state index contributed by atoms with van der Waals surface area (Å²) < 4.78 is 27.9. The van der Waals surface area contributed by atoms with Gasteiger partial charge in [-0.1, -0.05) is 53.1 Å². The van der Waals surface area contributed by atoms with Gasteiger partial charge in [0.15, 0.2) is 0 Å². The van der Waals surface area contributed by atoms with E-state index in [0.717, 1.165) is 26.6 Å². The molecule has 0 radical (unpaired) electrons. The minimum atomic E-state index is -3.92. The summed E-state index contributed by atoms with van der Waals surface area (Å²) in [6, 6.07) is 19.4. The van der Waals surface area contributed by atoms with Crippen molar-refractivity contribution in [2.75, 3.05) is 16.2 Å². The number of carbonyl (C=O) groups is 1. The lowest BCUT2D eigenvalue weighted by atomic mass is 10.1. The maximum absolute atomic E-state index is 13.4. The molecule has 0 spiro atoms. The van der Waals surface area contributed by atoms with E-state index in [0.29, 0.717) is 11.4 Å². The number of anilines is 2. The van der Waals surface area contributed by atoms with E-state index in [1.807, 2.05) is 58.0 Å². The van der Waals surface area contributed by atoms with E-state index in [1.165, 1.54) is 0 Å². The topological polar surface area (TPSA) is 66.5 Å². The summed E-state index contributed by atoms with van der Waals surface area (Å²) in [4.78, 5) is 13.0. The summed E-state index contributed by atoms with van der Waals surface area (Å²) in [5, 5.41) is 2.84. The van der Waals surface area contributed by atoms with Crippen LogP contribution in [0.15, 0.2) is 71.6 Å². The van der Waals surface area contributed by atoms with E-state index in [1.54, 1.807) is 36.4 Å². The Balaban J connectivity index is 1.94. The average Bonchev–Trinajstić information content (AvgIpc) is 2.69. The van der Waals surface area contributed by atoms with Gasteiger partial charge in [-0.05, 0) is 63.6 Å². The molecule has 0 heterocycles. The zero-order chi connectivity index (χ0) is 21.9. The first-order valence-electron chi connectivity index (χ1n) is 9.70. The SMILES string of the molecule is Cc1ccc(N(CC(=O)Nc2ccc(C)cc2C)S(=O)(=O)c2ccc(C)cc2)cc1. The van der Waals surface area contributed by atoms with Gasteiger partial charge in [0, 0.05) is 5.69 Å².